The Morgan fingerprint density at radius 3 is 2.28 bits per heavy atom. The quantitative estimate of drug-likeness (QED) is 0.570. The molecular weight excluding hydrogens is 368 g/mol. The van der Waals surface area contributed by atoms with Crippen LogP contribution in [0.2, 0.25) is 0 Å². The maximum Gasteiger partial charge on any atom is 0.333 e. The van der Waals surface area contributed by atoms with Crippen LogP contribution in [0, 0.1) is 0 Å². The van der Waals surface area contributed by atoms with Crippen molar-refractivity contribution in [2.24, 2.45) is 0 Å². The molecule has 0 bridgehead atoms. The van der Waals surface area contributed by atoms with E-state index in [0.29, 0.717) is 5.69 Å². The number of pyridine rings is 1. The summed E-state index contributed by atoms with van der Waals surface area (Å²) in [7, 11) is 0. The van der Waals surface area contributed by atoms with E-state index in [1.165, 1.54) is 10.8 Å². The maximum absolute atomic E-state index is 13.1. The lowest BCUT2D eigenvalue weighted by molar-refractivity contribution is -0.116. The summed E-state index contributed by atoms with van der Waals surface area (Å²) in [6.45, 7) is -0.139. The van der Waals surface area contributed by atoms with Crippen LogP contribution < -0.4 is 16.6 Å². The highest BCUT2D eigenvalue weighted by Gasteiger charge is 2.16. The molecule has 0 fully saturated rings. The van der Waals surface area contributed by atoms with Crippen LogP contribution in [0.3, 0.4) is 0 Å². The second kappa shape index (κ2) is 7.93. The van der Waals surface area contributed by atoms with Crippen molar-refractivity contribution >= 4 is 22.6 Å². The van der Waals surface area contributed by atoms with Crippen LogP contribution in [0.15, 0.2) is 88.6 Å². The zero-order valence-corrected chi connectivity index (χ0v) is 15.5. The van der Waals surface area contributed by atoms with Gasteiger partial charge in [0.05, 0.1) is 11.9 Å². The lowest BCUT2D eigenvalue weighted by atomic mass is 10.2. The molecule has 2 aromatic heterocycles. The Morgan fingerprint density at radius 2 is 1.55 bits per heavy atom. The van der Waals surface area contributed by atoms with E-state index in [-0.39, 0.29) is 30.0 Å². The predicted molar refractivity (Wildman–Crippen MR) is 111 cm³/mol. The lowest BCUT2D eigenvalue weighted by Crippen LogP contribution is -2.42. The van der Waals surface area contributed by atoms with E-state index >= 15 is 0 Å². The zero-order chi connectivity index (χ0) is 20.2. The van der Waals surface area contributed by atoms with Gasteiger partial charge in [-0.15, -0.1) is 0 Å². The first kappa shape index (κ1) is 18.4. The first-order chi connectivity index (χ1) is 14.1. The Bertz CT molecular complexity index is 1280. The van der Waals surface area contributed by atoms with E-state index < -0.39 is 11.2 Å². The summed E-state index contributed by atoms with van der Waals surface area (Å²) >= 11 is 0. The van der Waals surface area contributed by atoms with E-state index in [9.17, 15) is 14.4 Å². The molecule has 1 N–H and O–H groups in total. The minimum absolute atomic E-state index is 0.115. The minimum atomic E-state index is -0.576. The van der Waals surface area contributed by atoms with Gasteiger partial charge in [-0.2, -0.15) is 0 Å². The summed E-state index contributed by atoms with van der Waals surface area (Å²) in [6.07, 6.45) is 1.49. The first-order valence-electron chi connectivity index (χ1n) is 9.10. The number of carbonyl (C=O) groups is 1. The number of nitrogens with one attached hydrogen (secondary N) is 1. The summed E-state index contributed by atoms with van der Waals surface area (Å²) < 4.78 is 2.37. The molecule has 0 aliphatic rings. The Labute approximate surface area is 165 Å². The third kappa shape index (κ3) is 3.84. The number of para-hydroxylation sites is 1. The Balaban J connectivity index is 1.77. The third-order valence-corrected chi connectivity index (χ3v) is 4.52. The molecule has 7 nitrogen and oxygen atoms in total. The molecule has 2 heterocycles. The number of hydrogen-bond donors (Lipinski definition) is 1. The van der Waals surface area contributed by atoms with Gasteiger partial charge in [-0.25, -0.2) is 9.78 Å². The van der Waals surface area contributed by atoms with Crippen molar-refractivity contribution in [2.75, 3.05) is 5.32 Å². The highest BCUT2D eigenvalue weighted by atomic mass is 16.2. The molecule has 7 heteroatoms. The molecule has 0 aliphatic heterocycles. The number of amides is 1. The molecule has 144 valence electrons. The molecule has 0 atom stereocenters. The fraction of sp³-hybridized carbons (Fsp3) is 0.0909. The monoisotopic (exact) mass is 386 g/mol. The molecule has 0 saturated heterocycles. The molecule has 0 aliphatic carbocycles. The van der Waals surface area contributed by atoms with Crippen LogP contribution in [-0.4, -0.2) is 20.0 Å². The van der Waals surface area contributed by atoms with Gasteiger partial charge in [0, 0.05) is 11.9 Å². The maximum atomic E-state index is 13.1. The van der Waals surface area contributed by atoms with Crippen molar-refractivity contribution in [3.63, 3.8) is 0 Å². The molecule has 4 rings (SSSR count). The molecule has 29 heavy (non-hydrogen) atoms. The number of aromatic nitrogens is 3. The number of rotatable bonds is 5. The molecule has 1 amide bonds. The first-order valence-corrected chi connectivity index (χ1v) is 9.10. The standard InChI is InChI=1S/C22H18N4O3/c27-19(24-17-10-5-2-6-11-17)15-25-20-18(12-7-13-23-20)21(28)26(22(25)29)14-16-8-3-1-4-9-16/h1-13H,14-15H2,(H,24,27). The van der Waals surface area contributed by atoms with E-state index in [0.717, 1.165) is 10.1 Å². The summed E-state index contributed by atoms with van der Waals surface area (Å²) in [5.74, 6) is -0.379. The molecule has 4 aromatic rings. The van der Waals surface area contributed by atoms with Crippen molar-refractivity contribution in [2.45, 2.75) is 13.1 Å². The second-order valence-electron chi connectivity index (χ2n) is 6.53. The number of anilines is 1. The van der Waals surface area contributed by atoms with E-state index in [4.69, 9.17) is 0 Å². The van der Waals surface area contributed by atoms with Gasteiger partial charge in [0.25, 0.3) is 5.56 Å². The predicted octanol–water partition coefficient (Wildman–Crippen LogP) is 2.25. The van der Waals surface area contributed by atoms with E-state index in [1.807, 2.05) is 36.4 Å². The number of carbonyl (C=O) groups excluding carboxylic acids is 1. The van der Waals surface area contributed by atoms with Gasteiger partial charge in [-0.3, -0.25) is 18.7 Å². The summed E-state index contributed by atoms with van der Waals surface area (Å²) in [4.78, 5) is 42.7. The van der Waals surface area contributed by atoms with Crippen LogP contribution in [0.25, 0.3) is 11.0 Å². The van der Waals surface area contributed by atoms with Gasteiger partial charge in [0.15, 0.2) is 0 Å². The molecule has 2 aromatic carbocycles. The van der Waals surface area contributed by atoms with Gasteiger partial charge in [-0.05, 0) is 29.8 Å². The summed E-state index contributed by atoms with van der Waals surface area (Å²) in [6, 6.07) is 21.4. The van der Waals surface area contributed by atoms with Crippen LogP contribution in [0.4, 0.5) is 5.69 Å². The van der Waals surface area contributed by atoms with Gasteiger partial charge in [0.1, 0.15) is 12.2 Å². The molecule has 0 spiro atoms. The fourth-order valence-corrected chi connectivity index (χ4v) is 3.16. The smallest absolute Gasteiger partial charge is 0.325 e. The van der Waals surface area contributed by atoms with Crippen LogP contribution in [0.1, 0.15) is 5.56 Å². The summed E-state index contributed by atoms with van der Waals surface area (Å²) in [5, 5.41) is 3.04. The molecule has 0 unspecified atom stereocenters. The van der Waals surface area contributed by atoms with Crippen molar-refractivity contribution in [3.05, 3.63) is 105 Å². The molecule has 0 saturated carbocycles. The van der Waals surface area contributed by atoms with E-state index in [1.54, 1.807) is 36.4 Å². The highest BCUT2D eigenvalue weighted by molar-refractivity contribution is 5.91. The van der Waals surface area contributed by atoms with Gasteiger partial charge < -0.3 is 5.32 Å². The number of hydrogen-bond acceptors (Lipinski definition) is 4. The summed E-state index contributed by atoms with van der Waals surface area (Å²) in [5.41, 5.74) is 0.626. The van der Waals surface area contributed by atoms with Crippen LogP contribution in [0.5, 0.6) is 0 Å². The highest BCUT2D eigenvalue weighted by Crippen LogP contribution is 2.08. The zero-order valence-electron chi connectivity index (χ0n) is 15.5. The average Bonchev–Trinajstić information content (AvgIpc) is 2.75. The lowest BCUT2D eigenvalue weighted by Gasteiger charge is -2.13. The van der Waals surface area contributed by atoms with Gasteiger partial charge in [0.2, 0.25) is 5.91 Å². The van der Waals surface area contributed by atoms with Crippen LogP contribution >= 0.6 is 0 Å². The average molecular weight is 386 g/mol. The Morgan fingerprint density at radius 1 is 0.862 bits per heavy atom. The fourth-order valence-electron chi connectivity index (χ4n) is 3.16. The SMILES string of the molecule is O=C(Cn1c(=O)n(Cc2ccccc2)c(=O)c2cccnc21)Nc1ccccc1. The largest absolute Gasteiger partial charge is 0.333 e. The van der Waals surface area contributed by atoms with Crippen LogP contribution in [-0.2, 0) is 17.9 Å². The topological polar surface area (TPSA) is 86.0 Å². The van der Waals surface area contributed by atoms with Gasteiger partial charge >= 0.3 is 5.69 Å². The van der Waals surface area contributed by atoms with Crippen molar-refractivity contribution in [3.8, 4) is 0 Å². The normalized spacial score (nSPS) is 10.8. The molecular formula is C22H18N4O3. The molecule has 0 radical (unpaired) electrons. The second-order valence-corrected chi connectivity index (χ2v) is 6.53. The number of fused-ring (bicyclic) bond motifs is 1. The van der Waals surface area contributed by atoms with Crippen molar-refractivity contribution in [1.82, 2.24) is 14.1 Å². The Hall–Kier alpha value is -4.00. The van der Waals surface area contributed by atoms with E-state index in [2.05, 4.69) is 10.3 Å². The minimum Gasteiger partial charge on any atom is -0.325 e. The third-order valence-electron chi connectivity index (χ3n) is 4.52. The van der Waals surface area contributed by atoms with Crippen molar-refractivity contribution in [1.29, 1.82) is 0 Å². The number of nitrogens with zero attached hydrogens (tertiary/aromatic N) is 3. The number of benzene rings is 2. The van der Waals surface area contributed by atoms with Crippen molar-refractivity contribution < 1.29 is 4.79 Å². The Kier molecular flexibility index (Phi) is 5.03. The van der Waals surface area contributed by atoms with Gasteiger partial charge in [-0.1, -0.05) is 48.5 Å².